The zero-order valence-corrected chi connectivity index (χ0v) is 28.2. The van der Waals surface area contributed by atoms with Gasteiger partial charge in [0, 0.05) is 69.5 Å². The van der Waals surface area contributed by atoms with E-state index in [0.717, 1.165) is 59.8 Å². The Morgan fingerprint density at radius 3 is 2.30 bits per heavy atom. The zero-order valence-electron chi connectivity index (χ0n) is 28.2. The molecule has 1 N–H and O–H groups in total. The first-order chi connectivity index (χ1) is 22.5. The van der Waals surface area contributed by atoms with Gasteiger partial charge in [-0.15, -0.1) is 0 Å². The standard InChI is InChI=1S/C35H45N7O5/c1-7-40(30(43)23-39-34(45)47-35(4,5)6)24-27-10-9-11-28(19-27)29-21-37-33(38-22-29)42-16-14-41(15-17-42)32-25(3)18-26(20-36-32)12-13-31(44)46-8-2/h9-13,18-22H,7-8,14-17,23-24H2,1-6H3,(H,39,45). The molecule has 1 aliphatic heterocycles. The molecule has 0 radical (unpaired) electrons. The molecule has 3 heterocycles. The van der Waals surface area contributed by atoms with Crippen molar-refractivity contribution in [2.75, 3.05) is 55.7 Å². The first-order valence-electron chi connectivity index (χ1n) is 15.9. The highest BCUT2D eigenvalue weighted by Crippen LogP contribution is 2.24. The van der Waals surface area contributed by atoms with Crippen molar-refractivity contribution in [2.24, 2.45) is 0 Å². The Morgan fingerprint density at radius 2 is 1.66 bits per heavy atom. The van der Waals surface area contributed by atoms with Crippen molar-refractivity contribution < 1.29 is 23.9 Å². The van der Waals surface area contributed by atoms with Crippen LogP contribution in [0.25, 0.3) is 17.2 Å². The maximum absolute atomic E-state index is 12.8. The van der Waals surface area contributed by atoms with Crippen LogP contribution in [0.3, 0.4) is 0 Å². The minimum Gasteiger partial charge on any atom is -0.463 e. The third-order valence-electron chi connectivity index (χ3n) is 7.42. The average molecular weight is 644 g/mol. The largest absolute Gasteiger partial charge is 0.463 e. The molecule has 47 heavy (non-hydrogen) atoms. The van der Waals surface area contributed by atoms with E-state index in [1.54, 1.807) is 44.9 Å². The van der Waals surface area contributed by atoms with Gasteiger partial charge in [-0.2, -0.15) is 0 Å². The third-order valence-corrected chi connectivity index (χ3v) is 7.42. The van der Waals surface area contributed by atoms with E-state index < -0.39 is 11.7 Å². The van der Waals surface area contributed by atoms with Gasteiger partial charge in [0.2, 0.25) is 11.9 Å². The number of pyridine rings is 1. The van der Waals surface area contributed by atoms with Crippen LogP contribution >= 0.6 is 0 Å². The van der Waals surface area contributed by atoms with Gasteiger partial charge in [0.1, 0.15) is 18.0 Å². The number of rotatable bonds is 11. The second kappa shape index (κ2) is 16.0. The highest BCUT2D eigenvalue weighted by atomic mass is 16.6. The predicted molar refractivity (Wildman–Crippen MR) is 182 cm³/mol. The van der Waals surface area contributed by atoms with E-state index in [2.05, 4.69) is 30.1 Å². The molecule has 12 nitrogen and oxygen atoms in total. The molecule has 0 atom stereocenters. The molecular formula is C35H45N7O5. The number of likely N-dealkylation sites (N-methyl/N-ethyl adjacent to an activating group) is 1. The molecule has 0 aliphatic carbocycles. The van der Waals surface area contributed by atoms with Gasteiger partial charge in [-0.05, 0) is 82.0 Å². The van der Waals surface area contributed by atoms with Crippen molar-refractivity contribution in [1.29, 1.82) is 0 Å². The summed E-state index contributed by atoms with van der Waals surface area (Å²) >= 11 is 0. The molecule has 1 saturated heterocycles. The summed E-state index contributed by atoms with van der Waals surface area (Å²) < 4.78 is 10.2. The Balaban J connectivity index is 1.32. The van der Waals surface area contributed by atoms with Crippen LogP contribution in [0.4, 0.5) is 16.6 Å². The van der Waals surface area contributed by atoms with Crippen LogP contribution in [0, 0.1) is 6.92 Å². The second-order valence-corrected chi connectivity index (χ2v) is 12.2. The van der Waals surface area contributed by atoms with E-state index in [1.807, 2.05) is 56.6 Å². The number of ether oxygens (including phenoxy) is 2. The van der Waals surface area contributed by atoms with Gasteiger partial charge in [-0.1, -0.05) is 18.2 Å². The minimum atomic E-state index is -0.632. The van der Waals surface area contributed by atoms with Crippen molar-refractivity contribution in [3.8, 4) is 11.1 Å². The average Bonchev–Trinajstić information content (AvgIpc) is 3.05. The van der Waals surface area contributed by atoms with Crippen LogP contribution in [0.5, 0.6) is 0 Å². The highest BCUT2D eigenvalue weighted by Gasteiger charge is 2.22. The number of alkyl carbamates (subject to hydrolysis) is 1. The number of piperazine rings is 1. The van der Waals surface area contributed by atoms with Crippen molar-refractivity contribution >= 4 is 35.8 Å². The van der Waals surface area contributed by atoms with Crippen molar-refractivity contribution in [1.82, 2.24) is 25.2 Å². The number of aryl methyl sites for hydroxylation is 1. The molecule has 0 unspecified atom stereocenters. The van der Waals surface area contributed by atoms with Crippen LogP contribution < -0.4 is 15.1 Å². The summed E-state index contributed by atoms with van der Waals surface area (Å²) in [5, 5.41) is 2.54. The number of carbonyl (C=O) groups is 3. The third kappa shape index (κ3) is 10.2. The summed E-state index contributed by atoms with van der Waals surface area (Å²) in [6.07, 6.45) is 7.94. The van der Waals surface area contributed by atoms with E-state index in [-0.39, 0.29) is 18.4 Å². The minimum absolute atomic E-state index is 0.134. The van der Waals surface area contributed by atoms with Crippen LogP contribution in [0.1, 0.15) is 51.3 Å². The summed E-state index contributed by atoms with van der Waals surface area (Å²) in [6, 6.07) is 9.97. The van der Waals surface area contributed by atoms with Crippen molar-refractivity contribution in [2.45, 2.75) is 53.7 Å². The molecule has 2 aromatic heterocycles. The number of esters is 1. The number of benzene rings is 1. The molecule has 0 spiro atoms. The maximum Gasteiger partial charge on any atom is 0.408 e. The normalized spacial score (nSPS) is 13.4. The number of hydrogen-bond donors (Lipinski definition) is 1. The Kier molecular flexibility index (Phi) is 11.9. The van der Waals surface area contributed by atoms with Gasteiger partial charge in [-0.25, -0.2) is 24.5 Å². The Morgan fingerprint density at radius 1 is 0.957 bits per heavy atom. The Bertz CT molecular complexity index is 1560. The van der Waals surface area contributed by atoms with Crippen LogP contribution in [0.2, 0.25) is 0 Å². The van der Waals surface area contributed by atoms with Gasteiger partial charge >= 0.3 is 12.1 Å². The molecular weight excluding hydrogens is 598 g/mol. The smallest absolute Gasteiger partial charge is 0.408 e. The molecule has 2 amide bonds. The van der Waals surface area contributed by atoms with E-state index in [0.29, 0.717) is 25.6 Å². The number of anilines is 2. The zero-order chi connectivity index (χ0) is 34.0. The topological polar surface area (TPSA) is 130 Å². The van der Waals surface area contributed by atoms with E-state index in [1.165, 1.54) is 6.08 Å². The summed E-state index contributed by atoms with van der Waals surface area (Å²) in [5.74, 6) is 1.04. The quantitative estimate of drug-likeness (QED) is 0.233. The number of aromatic nitrogens is 3. The summed E-state index contributed by atoms with van der Waals surface area (Å²) in [5.41, 5.74) is 4.05. The van der Waals surface area contributed by atoms with Gasteiger partial charge in [-0.3, -0.25) is 4.79 Å². The van der Waals surface area contributed by atoms with E-state index in [9.17, 15) is 14.4 Å². The van der Waals surface area contributed by atoms with E-state index >= 15 is 0 Å². The van der Waals surface area contributed by atoms with Crippen molar-refractivity contribution in [3.05, 3.63) is 71.7 Å². The van der Waals surface area contributed by atoms with E-state index in [4.69, 9.17) is 9.47 Å². The lowest BCUT2D eigenvalue weighted by molar-refractivity contribution is -0.137. The summed E-state index contributed by atoms with van der Waals surface area (Å²) in [7, 11) is 0. The van der Waals surface area contributed by atoms with Crippen molar-refractivity contribution in [3.63, 3.8) is 0 Å². The predicted octanol–water partition coefficient (Wildman–Crippen LogP) is 4.62. The van der Waals surface area contributed by atoms with Crippen LogP contribution in [0.15, 0.2) is 55.0 Å². The fourth-order valence-electron chi connectivity index (χ4n) is 5.14. The summed E-state index contributed by atoms with van der Waals surface area (Å²) in [4.78, 5) is 56.5. The molecule has 3 aromatic rings. The van der Waals surface area contributed by atoms with Gasteiger partial charge in [0.25, 0.3) is 0 Å². The maximum atomic E-state index is 12.8. The molecule has 1 aliphatic rings. The first-order valence-corrected chi connectivity index (χ1v) is 15.9. The molecule has 1 fully saturated rings. The Hall–Kier alpha value is -5.00. The first kappa shape index (κ1) is 34.9. The van der Waals surface area contributed by atoms with Gasteiger partial charge in [0.05, 0.1) is 6.61 Å². The number of hydrogen-bond acceptors (Lipinski definition) is 10. The molecule has 0 bridgehead atoms. The SMILES string of the molecule is CCOC(=O)C=Cc1cnc(N2CCN(c3ncc(-c4cccc(CN(CC)C(=O)CNC(=O)OC(C)(C)C)c4)cn3)CC2)c(C)c1. The molecule has 4 rings (SSSR count). The lowest BCUT2D eigenvalue weighted by Crippen LogP contribution is -2.47. The monoisotopic (exact) mass is 643 g/mol. The lowest BCUT2D eigenvalue weighted by atomic mass is 10.1. The Labute approximate surface area is 276 Å². The molecule has 12 heteroatoms. The number of nitrogens with one attached hydrogen (secondary N) is 1. The fraction of sp³-hybridized carbons (Fsp3) is 0.429. The second-order valence-electron chi connectivity index (χ2n) is 12.2. The number of amides is 2. The van der Waals surface area contributed by atoms with Crippen LogP contribution in [-0.2, 0) is 25.6 Å². The lowest BCUT2D eigenvalue weighted by Gasteiger charge is -2.36. The fourth-order valence-corrected chi connectivity index (χ4v) is 5.14. The molecule has 1 aromatic carbocycles. The number of carbonyl (C=O) groups excluding carboxylic acids is 3. The van der Waals surface area contributed by atoms with Gasteiger partial charge < -0.3 is 29.5 Å². The number of nitrogens with zero attached hydrogens (tertiary/aromatic N) is 6. The summed E-state index contributed by atoms with van der Waals surface area (Å²) in [6.45, 7) is 15.2. The molecule has 250 valence electrons. The van der Waals surface area contributed by atoms with Crippen LogP contribution in [-0.4, -0.2) is 89.3 Å². The van der Waals surface area contributed by atoms with Gasteiger partial charge in [0.15, 0.2) is 0 Å². The highest BCUT2D eigenvalue weighted by molar-refractivity contribution is 5.87. The molecule has 0 saturated carbocycles.